The Morgan fingerprint density at radius 2 is 1.70 bits per heavy atom. The molecule has 23 heavy (non-hydrogen) atoms. The molecule has 124 valence electrons. The van der Waals surface area contributed by atoms with E-state index < -0.39 is 5.82 Å². The highest BCUT2D eigenvalue weighted by atomic mass is 127. The molecule has 0 unspecified atom stereocenters. The highest BCUT2D eigenvalue weighted by molar-refractivity contribution is 14.2. The van der Waals surface area contributed by atoms with Crippen LogP contribution in [0.1, 0.15) is 31.0 Å². The Kier molecular flexibility index (Phi) is 9.43. The van der Waals surface area contributed by atoms with Crippen molar-refractivity contribution < 1.29 is 8.78 Å². The summed E-state index contributed by atoms with van der Waals surface area (Å²) in [5.74, 6) is -0.802. The van der Waals surface area contributed by atoms with Crippen LogP contribution in [-0.2, 0) is 0 Å². The minimum atomic E-state index is -0.416. The van der Waals surface area contributed by atoms with Crippen molar-refractivity contribution in [2.75, 3.05) is 6.54 Å². The van der Waals surface area contributed by atoms with Gasteiger partial charge in [-0.15, -0.1) is 9.80 Å². The summed E-state index contributed by atoms with van der Waals surface area (Å²) in [4.78, 5) is 0. The van der Waals surface area contributed by atoms with Gasteiger partial charge in [0.25, 0.3) is 0 Å². The van der Waals surface area contributed by atoms with Gasteiger partial charge in [-0.2, -0.15) is 0 Å². The summed E-state index contributed by atoms with van der Waals surface area (Å²) in [5, 5.41) is 3.29. The third-order valence-corrected chi connectivity index (χ3v) is 3.31. The second kappa shape index (κ2) is 10.8. The highest BCUT2D eigenvalue weighted by Crippen LogP contribution is 2.28. The van der Waals surface area contributed by atoms with Crippen molar-refractivity contribution in [3.8, 4) is 0 Å². The monoisotopic (exact) mass is 447 g/mol. The number of hydrogen-bond donors (Lipinski definition) is 2. The fourth-order valence-corrected chi connectivity index (χ4v) is 2.34. The van der Waals surface area contributed by atoms with E-state index in [1.807, 2.05) is 71.5 Å². The van der Waals surface area contributed by atoms with Crippen LogP contribution in [-0.4, -0.2) is 6.54 Å². The normalized spacial score (nSPS) is 15.7. The van der Waals surface area contributed by atoms with E-state index in [-0.39, 0.29) is 11.9 Å². The van der Waals surface area contributed by atoms with E-state index >= 15 is 0 Å². The van der Waals surface area contributed by atoms with E-state index in [1.165, 1.54) is 12.1 Å². The quantitative estimate of drug-likeness (QED) is 0.426. The summed E-state index contributed by atoms with van der Waals surface area (Å²) in [6, 6.07) is 13.5. The summed E-state index contributed by atoms with van der Waals surface area (Å²) < 4.78 is 26.9. The summed E-state index contributed by atoms with van der Waals surface area (Å²) in [7, 11) is 3.50. The Balaban J connectivity index is 0.000000615. The van der Waals surface area contributed by atoms with Gasteiger partial charge in [0, 0.05) is 12.1 Å². The van der Waals surface area contributed by atoms with Gasteiger partial charge in [0.1, 0.15) is 11.6 Å². The molecule has 2 aromatic rings. The van der Waals surface area contributed by atoms with E-state index in [4.69, 9.17) is 0 Å². The third kappa shape index (κ3) is 5.58. The topological polar surface area (TPSA) is 12.0 Å². The Morgan fingerprint density at radius 1 is 1.04 bits per heavy atom. The van der Waals surface area contributed by atoms with Crippen LogP contribution < -0.4 is 5.32 Å². The van der Waals surface area contributed by atoms with Crippen LogP contribution in [0.15, 0.2) is 54.6 Å². The molecule has 0 amide bonds. The molecule has 1 heterocycles. The SMILES string of the molecule is CC.Fc1ccc(F)c(C2=C[C@@H](c3ccccc3)NC2)c1.SI. The van der Waals surface area contributed by atoms with E-state index in [0.717, 1.165) is 17.2 Å². The van der Waals surface area contributed by atoms with Crippen LogP contribution >= 0.6 is 31.0 Å². The van der Waals surface area contributed by atoms with Gasteiger partial charge in [0.05, 0.1) is 6.04 Å². The molecule has 0 aliphatic carbocycles. The molecule has 1 aliphatic rings. The molecule has 5 heteroatoms. The Labute approximate surface area is 154 Å². The van der Waals surface area contributed by atoms with Gasteiger partial charge < -0.3 is 5.32 Å². The molecule has 0 saturated carbocycles. The number of benzene rings is 2. The van der Waals surface area contributed by atoms with Gasteiger partial charge in [0.15, 0.2) is 0 Å². The molecule has 1 N–H and O–H groups in total. The Hall–Kier alpha value is -0.920. The number of nitrogens with one attached hydrogen (secondary N) is 1. The third-order valence-electron chi connectivity index (χ3n) is 3.31. The number of halogens is 3. The van der Waals surface area contributed by atoms with Crippen molar-refractivity contribution in [1.82, 2.24) is 5.32 Å². The number of rotatable bonds is 2. The number of hydrogen-bond acceptors (Lipinski definition) is 2. The minimum Gasteiger partial charge on any atom is -0.303 e. The molecule has 0 bridgehead atoms. The number of thiol groups is 1. The minimum absolute atomic E-state index is 0.0545. The molecule has 1 nitrogen and oxygen atoms in total. The van der Waals surface area contributed by atoms with E-state index in [0.29, 0.717) is 12.1 Å². The Bertz CT molecular complexity index is 632. The maximum absolute atomic E-state index is 13.7. The predicted octanol–water partition coefficient (Wildman–Crippen LogP) is 5.99. The summed E-state index contributed by atoms with van der Waals surface area (Å²) >= 11 is 1.84. The fourth-order valence-electron chi connectivity index (χ4n) is 2.34. The van der Waals surface area contributed by atoms with Crippen LogP contribution in [0.25, 0.3) is 5.57 Å². The summed E-state index contributed by atoms with van der Waals surface area (Å²) in [5.41, 5.74) is 2.26. The average molecular weight is 447 g/mol. The molecule has 0 saturated heterocycles. The second-order valence-electron chi connectivity index (χ2n) is 4.59. The second-order valence-corrected chi connectivity index (χ2v) is 4.59. The van der Waals surface area contributed by atoms with Gasteiger partial charge >= 0.3 is 0 Å². The largest absolute Gasteiger partial charge is 0.303 e. The van der Waals surface area contributed by atoms with Gasteiger partial charge in [-0.25, -0.2) is 8.78 Å². The lowest BCUT2D eigenvalue weighted by atomic mass is 10.0. The first kappa shape index (κ1) is 20.1. The maximum atomic E-state index is 13.7. The van der Waals surface area contributed by atoms with Crippen LogP contribution in [0.5, 0.6) is 0 Å². The molecule has 1 aliphatic heterocycles. The first-order valence-corrected chi connectivity index (χ1v) is 10.6. The lowest BCUT2D eigenvalue weighted by Gasteiger charge is -2.07. The molecule has 0 radical (unpaired) electrons. The summed E-state index contributed by atoms with van der Waals surface area (Å²) in [6.45, 7) is 4.54. The maximum Gasteiger partial charge on any atom is 0.130 e. The van der Waals surface area contributed by atoms with Gasteiger partial charge in [-0.1, -0.05) is 50.3 Å². The molecule has 0 spiro atoms. The first-order chi connectivity index (χ1) is 11.2. The summed E-state index contributed by atoms with van der Waals surface area (Å²) in [6.07, 6.45) is 1.95. The first-order valence-electron chi connectivity index (χ1n) is 7.35. The molecule has 3 rings (SSSR count). The van der Waals surface area contributed by atoms with Crippen molar-refractivity contribution in [2.45, 2.75) is 19.9 Å². The van der Waals surface area contributed by atoms with Crippen molar-refractivity contribution >= 4 is 36.6 Å². The Morgan fingerprint density at radius 3 is 2.35 bits per heavy atom. The lowest BCUT2D eigenvalue weighted by molar-refractivity contribution is 0.596. The fraction of sp³-hybridized carbons (Fsp3) is 0.222. The molecule has 0 fully saturated rings. The van der Waals surface area contributed by atoms with Crippen molar-refractivity contribution in [3.63, 3.8) is 0 Å². The molecular formula is C18H20F2INS. The highest BCUT2D eigenvalue weighted by Gasteiger charge is 2.19. The van der Waals surface area contributed by atoms with E-state index in [2.05, 4.69) is 15.1 Å². The average Bonchev–Trinajstić information content (AvgIpc) is 3.11. The molecule has 0 aromatic heterocycles. The molecule has 2 aromatic carbocycles. The van der Waals surface area contributed by atoms with Gasteiger partial charge in [-0.05, 0) is 50.5 Å². The van der Waals surface area contributed by atoms with Crippen molar-refractivity contribution in [3.05, 3.63) is 77.4 Å². The zero-order valence-corrected chi connectivity index (χ0v) is 16.1. The molecular weight excluding hydrogens is 427 g/mol. The predicted molar refractivity (Wildman–Crippen MR) is 106 cm³/mol. The van der Waals surface area contributed by atoms with E-state index in [9.17, 15) is 8.78 Å². The zero-order valence-electron chi connectivity index (χ0n) is 13.1. The van der Waals surface area contributed by atoms with Crippen LogP contribution in [0.2, 0.25) is 0 Å². The van der Waals surface area contributed by atoms with Crippen LogP contribution in [0, 0.1) is 11.6 Å². The van der Waals surface area contributed by atoms with Crippen LogP contribution in [0.4, 0.5) is 8.78 Å². The zero-order chi connectivity index (χ0) is 17.2. The lowest BCUT2D eigenvalue weighted by Crippen LogP contribution is -2.14. The van der Waals surface area contributed by atoms with Crippen molar-refractivity contribution in [1.29, 1.82) is 0 Å². The van der Waals surface area contributed by atoms with Crippen LogP contribution in [0.3, 0.4) is 0 Å². The molecule has 1 atom stereocenters. The van der Waals surface area contributed by atoms with Gasteiger partial charge in [0.2, 0.25) is 0 Å². The van der Waals surface area contributed by atoms with Gasteiger partial charge in [-0.3, -0.25) is 0 Å². The standard InChI is InChI=1S/C16H13F2N.C2H6.HIS/c17-13-6-7-15(18)14(9-13)12-8-16(19-10-12)11-4-2-1-3-5-11;2*1-2/h1-9,16,19H,10H2;1-2H3;2H/t16-;;/m0../s1. The van der Waals surface area contributed by atoms with E-state index in [1.54, 1.807) is 0 Å². The van der Waals surface area contributed by atoms with Crippen molar-refractivity contribution in [2.24, 2.45) is 0 Å². The smallest absolute Gasteiger partial charge is 0.130 e.